The minimum Gasteiger partial charge on any atom is -0.466 e. The van der Waals surface area contributed by atoms with Gasteiger partial charge in [0.1, 0.15) is 29.2 Å². The highest BCUT2D eigenvalue weighted by atomic mass is 19.1. The number of nitrogens with zero attached hydrogens (tertiary/aromatic N) is 1. The van der Waals surface area contributed by atoms with Crippen LogP contribution >= 0.6 is 0 Å². The van der Waals surface area contributed by atoms with Crippen molar-refractivity contribution in [2.45, 2.75) is 39.3 Å². The minimum atomic E-state index is -1.59. The first-order chi connectivity index (χ1) is 21.2. The fraction of sp³-hybridized carbons (Fsp3) is 0.206. The van der Waals surface area contributed by atoms with Crippen LogP contribution < -0.4 is 15.6 Å². The third-order valence-corrected chi connectivity index (χ3v) is 7.73. The number of carbonyl (C=O) groups excluding carboxylic acids is 2. The molecular weight excluding hydrogens is 570 g/mol. The molecule has 6 rings (SSSR count). The fourth-order valence-electron chi connectivity index (χ4n) is 5.68. The van der Waals surface area contributed by atoms with Gasteiger partial charge in [-0.3, -0.25) is 19.0 Å². The molecule has 10 heteroatoms. The van der Waals surface area contributed by atoms with Crippen LogP contribution in [0.5, 0.6) is 11.5 Å². The van der Waals surface area contributed by atoms with Crippen molar-refractivity contribution in [1.82, 2.24) is 9.88 Å². The SMILES string of the molecule is CCOC(=O)C[C@@H]1NC(=O)[C@@H](n2ccc3ccoc3c2=O)c2cc(ccc2F)Oc2cccc(C)c2-c2cc(C)c(F)c1c2. The minimum absolute atomic E-state index is 0.0228. The van der Waals surface area contributed by atoms with Crippen molar-refractivity contribution >= 4 is 22.8 Å². The molecule has 8 nitrogen and oxygen atoms in total. The summed E-state index contributed by atoms with van der Waals surface area (Å²) in [6.45, 7) is 5.17. The van der Waals surface area contributed by atoms with Crippen LogP contribution in [0.25, 0.3) is 22.1 Å². The molecule has 0 aliphatic carbocycles. The molecule has 224 valence electrons. The number of ether oxygens (including phenoxy) is 2. The first kappa shape index (κ1) is 28.9. The summed E-state index contributed by atoms with van der Waals surface area (Å²) in [5.74, 6) is -2.34. The molecule has 2 atom stereocenters. The monoisotopic (exact) mass is 598 g/mol. The van der Waals surface area contributed by atoms with Crippen LogP contribution in [0.1, 0.15) is 47.7 Å². The van der Waals surface area contributed by atoms with Crippen molar-refractivity contribution in [2.75, 3.05) is 6.61 Å². The third-order valence-electron chi connectivity index (χ3n) is 7.73. The first-order valence-corrected chi connectivity index (χ1v) is 14.1. The van der Waals surface area contributed by atoms with Gasteiger partial charge in [0.2, 0.25) is 5.91 Å². The summed E-state index contributed by atoms with van der Waals surface area (Å²) in [5, 5.41) is 3.23. The maximum absolute atomic E-state index is 15.9. The van der Waals surface area contributed by atoms with Crippen LogP contribution in [-0.4, -0.2) is 23.1 Å². The van der Waals surface area contributed by atoms with Crippen molar-refractivity contribution in [2.24, 2.45) is 0 Å². The van der Waals surface area contributed by atoms with Gasteiger partial charge in [0.15, 0.2) is 5.58 Å². The molecule has 2 aromatic heterocycles. The number of hydrogen-bond acceptors (Lipinski definition) is 6. The zero-order valence-electron chi connectivity index (χ0n) is 24.1. The topological polar surface area (TPSA) is 99.8 Å². The molecule has 0 spiro atoms. The quantitative estimate of drug-likeness (QED) is 0.232. The number of aryl methyl sites for hydroxylation is 2. The van der Waals surface area contributed by atoms with E-state index in [0.717, 1.165) is 16.2 Å². The number of halogens is 2. The van der Waals surface area contributed by atoms with Crippen molar-refractivity contribution in [1.29, 1.82) is 0 Å². The van der Waals surface area contributed by atoms with E-state index in [0.29, 0.717) is 22.3 Å². The Labute approximate surface area is 250 Å². The second kappa shape index (κ2) is 11.4. The highest BCUT2D eigenvalue weighted by Crippen LogP contribution is 2.40. The summed E-state index contributed by atoms with van der Waals surface area (Å²) < 4.78 is 49.4. The van der Waals surface area contributed by atoms with Gasteiger partial charge < -0.3 is 19.2 Å². The van der Waals surface area contributed by atoms with Crippen molar-refractivity contribution in [3.05, 3.63) is 117 Å². The van der Waals surface area contributed by atoms with Crippen LogP contribution in [-0.2, 0) is 14.3 Å². The number of esters is 1. The van der Waals surface area contributed by atoms with E-state index in [4.69, 9.17) is 13.9 Å². The molecular formula is C34H28F2N2O6. The summed E-state index contributed by atoms with van der Waals surface area (Å²) in [5.41, 5.74) is 1.46. The predicted octanol–water partition coefficient (Wildman–Crippen LogP) is 6.66. The second-order valence-electron chi connectivity index (χ2n) is 10.6. The van der Waals surface area contributed by atoms with E-state index in [-0.39, 0.29) is 34.6 Å². The number of hydrogen-bond donors (Lipinski definition) is 1. The molecule has 3 heterocycles. The normalized spacial score (nSPS) is 16.2. The summed E-state index contributed by atoms with van der Waals surface area (Å²) in [6.07, 6.45) is 2.28. The Morgan fingerprint density at radius 3 is 2.61 bits per heavy atom. The summed E-state index contributed by atoms with van der Waals surface area (Å²) >= 11 is 0. The number of pyridine rings is 1. The van der Waals surface area contributed by atoms with Crippen LogP contribution in [0, 0.1) is 25.5 Å². The highest BCUT2D eigenvalue weighted by molar-refractivity contribution is 5.86. The maximum atomic E-state index is 15.9. The number of nitrogens with one attached hydrogen (secondary N) is 1. The standard InChI is InChI=1S/C34H28F2N2O6/c1-4-42-28(39)17-26-24-15-21(14-19(3)30(24)36)29-18(2)6-5-7-27(29)44-22-8-9-25(35)23(16-22)31(33(40)37-26)38-12-10-20-11-13-43-32(20)34(38)41/h5-16,26,31H,4,17H2,1-3H3,(H,37,40)/t26-,31-/m0/s1. The largest absolute Gasteiger partial charge is 0.466 e. The molecule has 5 aromatic rings. The third kappa shape index (κ3) is 5.12. The van der Waals surface area contributed by atoms with Gasteiger partial charge in [0.05, 0.1) is 25.3 Å². The molecule has 0 saturated carbocycles. The molecule has 0 unspecified atom stereocenters. The first-order valence-electron chi connectivity index (χ1n) is 14.1. The van der Waals surface area contributed by atoms with Crippen LogP contribution in [0.15, 0.2) is 82.3 Å². The van der Waals surface area contributed by atoms with Gasteiger partial charge in [0.25, 0.3) is 5.56 Å². The Balaban J connectivity index is 1.64. The summed E-state index contributed by atoms with van der Waals surface area (Å²) in [6, 6.07) is 12.9. The number of rotatable bonds is 4. The Morgan fingerprint density at radius 1 is 1.00 bits per heavy atom. The molecule has 1 aliphatic heterocycles. The number of fused-ring (bicyclic) bond motifs is 7. The lowest BCUT2D eigenvalue weighted by Crippen LogP contribution is -2.40. The molecule has 1 aliphatic rings. The van der Waals surface area contributed by atoms with E-state index in [9.17, 15) is 14.4 Å². The number of furan rings is 1. The number of benzene rings is 3. The second-order valence-corrected chi connectivity index (χ2v) is 10.6. The molecule has 3 aromatic carbocycles. The van der Waals surface area contributed by atoms with Crippen molar-refractivity contribution < 1.29 is 32.3 Å². The van der Waals surface area contributed by atoms with E-state index in [1.807, 2.05) is 13.0 Å². The Morgan fingerprint density at radius 2 is 1.82 bits per heavy atom. The Bertz CT molecular complexity index is 2000. The van der Waals surface area contributed by atoms with Crippen molar-refractivity contribution in [3.8, 4) is 22.6 Å². The van der Waals surface area contributed by atoms with Gasteiger partial charge >= 0.3 is 5.97 Å². The lowest BCUT2D eigenvalue weighted by molar-refractivity contribution is -0.143. The van der Waals surface area contributed by atoms with Gasteiger partial charge in [-0.2, -0.15) is 0 Å². The molecule has 4 bridgehead atoms. The Kier molecular flexibility index (Phi) is 7.50. The smallest absolute Gasteiger partial charge is 0.308 e. The molecule has 1 amide bonds. The number of amides is 1. The lowest BCUT2D eigenvalue weighted by atomic mass is 9.92. The molecule has 0 radical (unpaired) electrons. The Hall–Kier alpha value is -5.25. The van der Waals surface area contributed by atoms with Gasteiger partial charge in [0, 0.05) is 28.3 Å². The number of carbonyl (C=O) groups is 2. The van der Waals surface area contributed by atoms with Crippen LogP contribution in [0.3, 0.4) is 0 Å². The van der Waals surface area contributed by atoms with E-state index in [1.165, 1.54) is 24.6 Å². The van der Waals surface area contributed by atoms with Gasteiger partial charge in [-0.1, -0.05) is 12.1 Å². The number of aromatic nitrogens is 1. The zero-order chi connectivity index (χ0) is 31.1. The summed E-state index contributed by atoms with van der Waals surface area (Å²) in [4.78, 5) is 40.6. The van der Waals surface area contributed by atoms with Gasteiger partial charge in [-0.15, -0.1) is 0 Å². The van der Waals surface area contributed by atoms with E-state index in [2.05, 4.69) is 5.32 Å². The van der Waals surface area contributed by atoms with Crippen LogP contribution in [0.4, 0.5) is 8.78 Å². The van der Waals surface area contributed by atoms with Gasteiger partial charge in [-0.05, 0) is 86.0 Å². The van der Waals surface area contributed by atoms with E-state index < -0.39 is 47.6 Å². The zero-order valence-corrected chi connectivity index (χ0v) is 24.1. The van der Waals surface area contributed by atoms with E-state index >= 15 is 8.78 Å². The molecule has 0 saturated heterocycles. The van der Waals surface area contributed by atoms with E-state index in [1.54, 1.807) is 50.2 Å². The highest BCUT2D eigenvalue weighted by Gasteiger charge is 2.33. The molecule has 1 N–H and O–H groups in total. The maximum Gasteiger partial charge on any atom is 0.308 e. The average molecular weight is 599 g/mol. The fourth-order valence-corrected chi connectivity index (χ4v) is 5.68. The molecule has 44 heavy (non-hydrogen) atoms. The lowest BCUT2D eigenvalue weighted by Gasteiger charge is -2.25. The summed E-state index contributed by atoms with van der Waals surface area (Å²) in [7, 11) is 0. The van der Waals surface area contributed by atoms with Gasteiger partial charge in [-0.25, -0.2) is 8.78 Å². The average Bonchev–Trinajstić information content (AvgIpc) is 3.47. The molecule has 0 fully saturated rings. The van der Waals surface area contributed by atoms with Crippen LogP contribution in [0.2, 0.25) is 0 Å². The van der Waals surface area contributed by atoms with Crippen molar-refractivity contribution in [3.63, 3.8) is 0 Å². The predicted molar refractivity (Wildman–Crippen MR) is 159 cm³/mol.